The molecule has 0 aliphatic carbocycles. The third kappa shape index (κ3) is 3.56. The van der Waals surface area contributed by atoms with E-state index < -0.39 is 0 Å². The van der Waals surface area contributed by atoms with E-state index in [2.05, 4.69) is 4.74 Å². The van der Waals surface area contributed by atoms with Crippen molar-refractivity contribution in [3.05, 3.63) is 35.9 Å². The van der Waals surface area contributed by atoms with Crippen molar-refractivity contribution >= 4 is 11.9 Å². The van der Waals surface area contributed by atoms with Gasteiger partial charge < -0.3 is 9.64 Å². The van der Waals surface area contributed by atoms with Gasteiger partial charge in [0.1, 0.15) is 0 Å². The summed E-state index contributed by atoms with van der Waals surface area (Å²) in [5.41, 5.74) is 1.13. The van der Waals surface area contributed by atoms with Crippen molar-refractivity contribution in [2.24, 2.45) is 0 Å². The molecule has 1 aromatic rings. The Labute approximate surface area is 113 Å². The molecular weight excluding hydrogens is 242 g/mol. The van der Waals surface area contributed by atoms with Gasteiger partial charge in [-0.3, -0.25) is 9.59 Å². The van der Waals surface area contributed by atoms with E-state index >= 15 is 0 Å². The summed E-state index contributed by atoms with van der Waals surface area (Å²) in [7, 11) is 1.39. The number of amides is 1. The van der Waals surface area contributed by atoms with Crippen molar-refractivity contribution in [1.29, 1.82) is 0 Å². The van der Waals surface area contributed by atoms with Crippen molar-refractivity contribution in [2.45, 2.75) is 38.3 Å². The minimum atomic E-state index is -0.209. The van der Waals surface area contributed by atoms with E-state index in [1.54, 1.807) is 0 Å². The van der Waals surface area contributed by atoms with Crippen molar-refractivity contribution in [1.82, 2.24) is 4.90 Å². The van der Waals surface area contributed by atoms with Crippen LogP contribution in [0.2, 0.25) is 0 Å². The van der Waals surface area contributed by atoms with Crippen molar-refractivity contribution < 1.29 is 14.3 Å². The van der Waals surface area contributed by atoms with Crippen LogP contribution < -0.4 is 0 Å². The Morgan fingerprint density at radius 2 is 2.11 bits per heavy atom. The lowest BCUT2D eigenvalue weighted by atomic mass is 10.1. The third-order valence-electron chi connectivity index (χ3n) is 3.56. The first kappa shape index (κ1) is 13.6. The number of rotatable bonds is 5. The van der Waals surface area contributed by atoms with Crippen LogP contribution in [0.4, 0.5) is 0 Å². The monoisotopic (exact) mass is 261 g/mol. The van der Waals surface area contributed by atoms with Crippen LogP contribution in [-0.4, -0.2) is 29.9 Å². The van der Waals surface area contributed by atoms with Gasteiger partial charge in [-0.1, -0.05) is 30.3 Å². The van der Waals surface area contributed by atoms with E-state index in [0.717, 1.165) is 12.0 Å². The average molecular weight is 261 g/mol. The van der Waals surface area contributed by atoms with Gasteiger partial charge in [0.25, 0.3) is 0 Å². The Balaban J connectivity index is 1.96. The van der Waals surface area contributed by atoms with Crippen LogP contribution >= 0.6 is 0 Å². The average Bonchev–Trinajstić information content (AvgIpc) is 2.78. The Morgan fingerprint density at radius 1 is 1.37 bits per heavy atom. The highest BCUT2D eigenvalue weighted by molar-refractivity contribution is 5.79. The predicted octanol–water partition coefficient (Wildman–Crippen LogP) is 2.13. The van der Waals surface area contributed by atoms with Gasteiger partial charge in [-0.15, -0.1) is 0 Å². The molecular formula is C15H19NO3. The zero-order valence-corrected chi connectivity index (χ0v) is 11.2. The number of carbonyl (C=O) groups is 2. The fourth-order valence-electron chi connectivity index (χ4n) is 2.48. The van der Waals surface area contributed by atoms with E-state index in [1.807, 2.05) is 35.2 Å². The zero-order chi connectivity index (χ0) is 13.7. The topological polar surface area (TPSA) is 46.6 Å². The number of ether oxygens (including phenoxy) is 1. The van der Waals surface area contributed by atoms with Gasteiger partial charge in [-0.05, 0) is 18.4 Å². The standard InChI is InChI=1S/C15H19NO3/c1-19-15(18)10-8-13-7-9-14(17)16(13)11-12-5-3-2-4-6-12/h2-6,13H,7-11H2,1H3/t13-/m1/s1. The van der Waals surface area contributed by atoms with Gasteiger partial charge in [0.2, 0.25) is 5.91 Å². The van der Waals surface area contributed by atoms with Crippen LogP contribution in [0.1, 0.15) is 31.2 Å². The number of carbonyl (C=O) groups excluding carboxylic acids is 2. The maximum Gasteiger partial charge on any atom is 0.305 e. The Hall–Kier alpha value is -1.84. The molecule has 0 N–H and O–H groups in total. The summed E-state index contributed by atoms with van der Waals surface area (Å²) in [6.45, 7) is 0.630. The van der Waals surface area contributed by atoms with Crippen LogP contribution in [0.25, 0.3) is 0 Å². The molecule has 19 heavy (non-hydrogen) atoms. The number of hydrogen-bond donors (Lipinski definition) is 0. The van der Waals surface area contributed by atoms with Gasteiger partial charge in [-0.25, -0.2) is 0 Å². The van der Waals surface area contributed by atoms with Crippen molar-refractivity contribution in [3.8, 4) is 0 Å². The van der Waals surface area contributed by atoms with Gasteiger partial charge in [0.05, 0.1) is 7.11 Å². The number of nitrogens with zero attached hydrogens (tertiary/aromatic N) is 1. The highest BCUT2D eigenvalue weighted by Gasteiger charge is 2.30. The number of hydrogen-bond acceptors (Lipinski definition) is 3. The molecule has 4 heteroatoms. The van der Waals surface area contributed by atoms with Crippen LogP contribution in [0.3, 0.4) is 0 Å². The van der Waals surface area contributed by atoms with Crippen LogP contribution in [0.5, 0.6) is 0 Å². The first-order valence-electron chi connectivity index (χ1n) is 6.61. The normalized spacial score (nSPS) is 18.7. The molecule has 2 rings (SSSR count). The molecule has 0 radical (unpaired) electrons. The summed E-state index contributed by atoms with van der Waals surface area (Å²) in [5, 5.41) is 0. The van der Waals surface area contributed by atoms with Crippen LogP contribution in [0.15, 0.2) is 30.3 Å². The van der Waals surface area contributed by atoms with Crippen molar-refractivity contribution in [3.63, 3.8) is 0 Å². The molecule has 1 amide bonds. The summed E-state index contributed by atoms with van der Waals surface area (Å²) in [4.78, 5) is 25.0. The zero-order valence-electron chi connectivity index (χ0n) is 11.2. The second kappa shape index (κ2) is 6.36. The molecule has 0 bridgehead atoms. The second-order valence-corrected chi connectivity index (χ2v) is 4.81. The molecule has 0 unspecified atom stereocenters. The molecule has 1 atom stereocenters. The van der Waals surface area contributed by atoms with Crippen LogP contribution in [-0.2, 0) is 20.9 Å². The van der Waals surface area contributed by atoms with Gasteiger partial charge >= 0.3 is 5.97 Å². The molecule has 1 heterocycles. The number of likely N-dealkylation sites (tertiary alicyclic amines) is 1. The van der Waals surface area contributed by atoms with E-state index in [1.165, 1.54) is 7.11 Å². The van der Waals surface area contributed by atoms with E-state index in [-0.39, 0.29) is 17.9 Å². The Bertz CT molecular complexity index is 444. The van der Waals surface area contributed by atoms with Crippen LogP contribution in [0, 0.1) is 0 Å². The number of methoxy groups -OCH3 is 1. The molecule has 1 aliphatic rings. The SMILES string of the molecule is COC(=O)CC[C@H]1CCC(=O)N1Cc1ccccc1. The summed E-state index contributed by atoms with van der Waals surface area (Å²) in [6.07, 6.45) is 2.48. The quantitative estimate of drug-likeness (QED) is 0.763. The molecule has 4 nitrogen and oxygen atoms in total. The first-order chi connectivity index (χ1) is 9.20. The molecule has 0 saturated carbocycles. The lowest BCUT2D eigenvalue weighted by Crippen LogP contribution is -2.32. The van der Waals surface area contributed by atoms with Gasteiger partial charge in [0.15, 0.2) is 0 Å². The van der Waals surface area contributed by atoms with E-state index in [9.17, 15) is 9.59 Å². The molecule has 0 aromatic heterocycles. The minimum Gasteiger partial charge on any atom is -0.469 e. The molecule has 102 valence electrons. The Morgan fingerprint density at radius 3 is 2.79 bits per heavy atom. The number of benzene rings is 1. The molecule has 1 aliphatic heterocycles. The smallest absolute Gasteiger partial charge is 0.305 e. The predicted molar refractivity (Wildman–Crippen MR) is 71.3 cm³/mol. The van der Waals surface area contributed by atoms with E-state index in [0.29, 0.717) is 25.8 Å². The maximum absolute atomic E-state index is 11.9. The lowest BCUT2D eigenvalue weighted by molar-refractivity contribution is -0.141. The summed E-state index contributed by atoms with van der Waals surface area (Å²) in [6, 6.07) is 10.1. The van der Waals surface area contributed by atoms with E-state index in [4.69, 9.17) is 0 Å². The molecule has 1 fully saturated rings. The summed E-state index contributed by atoms with van der Waals surface area (Å²) < 4.78 is 4.65. The first-order valence-corrected chi connectivity index (χ1v) is 6.61. The second-order valence-electron chi connectivity index (χ2n) is 4.81. The highest BCUT2D eigenvalue weighted by Crippen LogP contribution is 2.24. The fourth-order valence-corrected chi connectivity index (χ4v) is 2.48. The largest absolute Gasteiger partial charge is 0.469 e. The lowest BCUT2D eigenvalue weighted by Gasteiger charge is -2.24. The minimum absolute atomic E-state index is 0.159. The fraction of sp³-hybridized carbons (Fsp3) is 0.467. The summed E-state index contributed by atoms with van der Waals surface area (Å²) >= 11 is 0. The Kier molecular flexibility index (Phi) is 4.55. The third-order valence-corrected chi connectivity index (χ3v) is 3.56. The molecule has 1 aromatic carbocycles. The molecule has 1 saturated heterocycles. The van der Waals surface area contributed by atoms with Gasteiger partial charge in [0, 0.05) is 25.4 Å². The molecule has 0 spiro atoms. The highest BCUT2D eigenvalue weighted by atomic mass is 16.5. The maximum atomic E-state index is 11.9. The van der Waals surface area contributed by atoms with Gasteiger partial charge in [-0.2, -0.15) is 0 Å². The number of esters is 1. The van der Waals surface area contributed by atoms with Crippen molar-refractivity contribution in [2.75, 3.05) is 7.11 Å². The summed E-state index contributed by atoms with van der Waals surface area (Å²) in [5.74, 6) is -0.0299.